The predicted molar refractivity (Wildman–Crippen MR) is 76.0 cm³/mol. The molecule has 4 heteroatoms. The number of thiocarbonyl (C=S) groups is 1. The van der Waals surface area contributed by atoms with Gasteiger partial charge in [-0.25, -0.2) is 0 Å². The van der Waals surface area contributed by atoms with E-state index in [2.05, 4.69) is 30.7 Å². The Hall–Kier alpha value is -1.00. The topological polar surface area (TPSA) is 42.2 Å². The molecule has 0 aliphatic rings. The zero-order chi connectivity index (χ0) is 12.8. The highest BCUT2D eigenvalue weighted by molar-refractivity contribution is 7.80. The van der Waals surface area contributed by atoms with E-state index in [-0.39, 0.29) is 0 Å². The summed E-state index contributed by atoms with van der Waals surface area (Å²) in [5.41, 5.74) is 7.56. The number of aromatic nitrogens is 1. The van der Waals surface area contributed by atoms with Crippen LogP contribution in [0, 0.1) is 0 Å². The fourth-order valence-corrected chi connectivity index (χ4v) is 2.00. The Balaban J connectivity index is 2.88. The van der Waals surface area contributed by atoms with Crippen molar-refractivity contribution >= 4 is 17.2 Å². The highest BCUT2D eigenvalue weighted by Crippen LogP contribution is 2.12. The van der Waals surface area contributed by atoms with E-state index >= 15 is 0 Å². The second-order valence-electron chi connectivity index (χ2n) is 4.44. The summed E-state index contributed by atoms with van der Waals surface area (Å²) in [6.45, 7) is 8.52. The monoisotopic (exact) mass is 251 g/mol. The molecule has 0 aliphatic carbocycles. The van der Waals surface area contributed by atoms with Crippen LogP contribution in [-0.2, 0) is 6.54 Å². The first-order valence-electron chi connectivity index (χ1n) is 6.04. The van der Waals surface area contributed by atoms with Crippen molar-refractivity contribution in [3.05, 3.63) is 29.6 Å². The van der Waals surface area contributed by atoms with E-state index in [4.69, 9.17) is 18.0 Å². The Morgan fingerprint density at radius 1 is 1.53 bits per heavy atom. The van der Waals surface area contributed by atoms with Crippen LogP contribution in [0.25, 0.3) is 0 Å². The molecule has 0 unspecified atom stereocenters. The van der Waals surface area contributed by atoms with Gasteiger partial charge in [0.15, 0.2) is 0 Å². The highest BCUT2D eigenvalue weighted by Gasteiger charge is 2.13. The first-order chi connectivity index (χ1) is 8.06. The van der Waals surface area contributed by atoms with Gasteiger partial charge in [-0.15, -0.1) is 0 Å². The molecule has 1 rings (SSSR count). The lowest BCUT2D eigenvalue weighted by molar-refractivity contribution is 0.213. The van der Waals surface area contributed by atoms with Crippen LogP contribution in [0.1, 0.15) is 38.4 Å². The number of nitrogens with two attached hydrogens (primary N) is 1. The molecule has 0 aromatic carbocycles. The van der Waals surface area contributed by atoms with Gasteiger partial charge in [0.1, 0.15) is 10.7 Å². The van der Waals surface area contributed by atoms with Crippen LogP contribution < -0.4 is 5.73 Å². The fraction of sp³-hybridized carbons (Fsp3) is 0.538. The van der Waals surface area contributed by atoms with E-state index in [9.17, 15) is 0 Å². The molecule has 0 aliphatic heterocycles. The smallest absolute Gasteiger partial charge is 0.123 e. The Morgan fingerprint density at radius 2 is 2.24 bits per heavy atom. The Labute approximate surface area is 109 Å². The van der Waals surface area contributed by atoms with Crippen molar-refractivity contribution in [2.45, 2.75) is 39.8 Å². The summed E-state index contributed by atoms with van der Waals surface area (Å²) in [6.07, 6.45) is 2.87. The van der Waals surface area contributed by atoms with Crippen LogP contribution in [0.5, 0.6) is 0 Å². The fourth-order valence-electron chi connectivity index (χ4n) is 1.81. The molecule has 0 saturated carbocycles. The van der Waals surface area contributed by atoms with Gasteiger partial charge < -0.3 is 5.73 Å². The molecule has 0 radical (unpaired) electrons. The molecule has 0 saturated heterocycles. The second kappa shape index (κ2) is 6.67. The predicted octanol–water partition coefficient (Wildman–Crippen LogP) is 2.34. The summed E-state index contributed by atoms with van der Waals surface area (Å²) in [4.78, 5) is 7.04. The van der Waals surface area contributed by atoms with E-state index < -0.39 is 0 Å². The molecular weight excluding hydrogens is 230 g/mol. The molecule has 3 nitrogen and oxygen atoms in total. The number of hydrogen-bond acceptors (Lipinski definition) is 3. The van der Waals surface area contributed by atoms with Gasteiger partial charge in [0.2, 0.25) is 0 Å². The van der Waals surface area contributed by atoms with Crippen LogP contribution in [-0.4, -0.2) is 27.5 Å². The minimum absolute atomic E-state index is 0.376. The van der Waals surface area contributed by atoms with Gasteiger partial charge in [0.05, 0.1) is 0 Å². The van der Waals surface area contributed by atoms with Crippen LogP contribution in [0.2, 0.25) is 0 Å². The van der Waals surface area contributed by atoms with E-state index in [1.807, 2.05) is 12.1 Å². The van der Waals surface area contributed by atoms with Gasteiger partial charge in [-0.3, -0.25) is 9.88 Å². The first-order valence-corrected chi connectivity index (χ1v) is 6.44. The van der Waals surface area contributed by atoms with Gasteiger partial charge in [-0.1, -0.05) is 25.2 Å². The molecular formula is C13H21N3S. The Morgan fingerprint density at radius 3 is 2.76 bits per heavy atom. The molecule has 0 atom stereocenters. The van der Waals surface area contributed by atoms with Gasteiger partial charge in [-0.2, -0.15) is 0 Å². The van der Waals surface area contributed by atoms with Crippen LogP contribution in [0.15, 0.2) is 18.3 Å². The zero-order valence-corrected chi connectivity index (χ0v) is 11.6. The summed E-state index contributed by atoms with van der Waals surface area (Å²) < 4.78 is 0. The van der Waals surface area contributed by atoms with E-state index in [0.29, 0.717) is 11.0 Å². The van der Waals surface area contributed by atoms with Crippen LogP contribution in [0.3, 0.4) is 0 Å². The van der Waals surface area contributed by atoms with E-state index in [0.717, 1.165) is 30.8 Å². The van der Waals surface area contributed by atoms with Crippen molar-refractivity contribution in [1.29, 1.82) is 0 Å². The molecule has 94 valence electrons. The van der Waals surface area contributed by atoms with Crippen molar-refractivity contribution in [3.8, 4) is 0 Å². The van der Waals surface area contributed by atoms with Crippen molar-refractivity contribution in [3.63, 3.8) is 0 Å². The van der Waals surface area contributed by atoms with Crippen molar-refractivity contribution in [1.82, 2.24) is 9.88 Å². The van der Waals surface area contributed by atoms with Crippen molar-refractivity contribution < 1.29 is 0 Å². The van der Waals surface area contributed by atoms with Gasteiger partial charge in [0, 0.05) is 18.8 Å². The third-order valence-corrected chi connectivity index (χ3v) is 2.93. The summed E-state index contributed by atoms with van der Waals surface area (Å²) in [6, 6.07) is 4.49. The number of hydrogen-bond donors (Lipinski definition) is 1. The Bertz CT molecular complexity index is 377. The molecule has 0 fully saturated rings. The normalized spacial score (nSPS) is 11.1. The lowest BCUT2D eigenvalue weighted by Crippen LogP contribution is -2.32. The molecule has 1 heterocycles. The van der Waals surface area contributed by atoms with Crippen LogP contribution in [0.4, 0.5) is 0 Å². The number of rotatable bonds is 6. The number of pyridine rings is 1. The minimum Gasteiger partial charge on any atom is -0.388 e. The maximum atomic E-state index is 5.69. The number of nitrogens with zero attached hydrogens (tertiary/aromatic N) is 2. The standard InChI is InChI=1S/C13H21N3S/c1-4-8-16(10(2)3)9-11-6-5-7-15-12(11)13(14)17/h5-7,10H,4,8-9H2,1-3H3,(H2,14,17). The first kappa shape index (κ1) is 14.1. The van der Waals surface area contributed by atoms with Crippen LogP contribution >= 0.6 is 12.2 Å². The maximum Gasteiger partial charge on any atom is 0.123 e. The van der Waals surface area contributed by atoms with Gasteiger partial charge in [0.25, 0.3) is 0 Å². The van der Waals surface area contributed by atoms with E-state index in [1.54, 1.807) is 6.20 Å². The second-order valence-corrected chi connectivity index (χ2v) is 4.88. The molecule has 1 aromatic rings. The molecule has 17 heavy (non-hydrogen) atoms. The summed E-state index contributed by atoms with van der Waals surface area (Å²) in [7, 11) is 0. The lowest BCUT2D eigenvalue weighted by atomic mass is 10.1. The molecule has 2 N–H and O–H groups in total. The molecule has 1 aromatic heterocycles. The van der Waals surface area contributed by atoms with Crippen molar-refractivity contribution in [2.24, 2.45) is 5.73 Å². The van der Waals surface area contributed by atoms with Crippen molar-refractivity contribution in [2.75, 3.05) is 6.54 Å². The summed E-state index contributed by atoms with van der Waals surface area (Å²) in [5, 5.41) is 0. The quantitative estimate of drug-likeness (QED) is 0.788. The Kier molecular flexibility index (Phi) is 5.51. The third kappa shape index (κ3) is 4.06. The third-order valence-electron chi connectivity index (χ3n) is 2.74. The molecule has 0 bridgehead atoms. The average molecular weight is 251 g/mol. The minimum atomic E-state index is 0.376. The highest BCUT2D eigenvalue weighted by atomic mass is 32.1. The molecule has 0 spiro atoms. The van der Waals surface area contributed by atoms with Gasteiger partial charge in [-0.05, 0) is 38.4 Å². The largest absolute Gasteiger partial charge is 0.388 e. The zero-order valence-electron chi connectivity index (χ0n) is 10.8. The SMILES string of the molecule is CCCN(Cc1cccnc1C(N)=S)C(C)C. The summed E-state index contributed by atoms with van der Waals surface area (Å²) in [5.74, 6) is 0. The summed E-state index contributed by atoms with van der Waals surface area (Å²) >= 11 is 5.03. The molecule has 0 amide bonds. The van der Waals surface area contributed by atoms with Gasteiger partial charge >= 0.3 is 0 Å². The average Bonchev–Trinajstić information content (AvgIpc) is 2.28. The maximum absolute atomic E-state index is 5.69. The van der Waals surface area contributed by atoms with E-state index in [1.165, 1.54) is 0 Å². The lowest BCUT2D eigenvalue weighted by Gasteiger charge is -2.26.